The van der Waals surface area contributed by atoms with Crippen molar-refractivity contribution >= 4 is 5.91 Å². The van der Waals surface area contributed by atoms with Gasteiger partial charge < -0.3 is 19.4 Å². The van der Waals surface area contributed by atoms with Crippen molar-refractivity contribution in [2.45, 2.75) is 13.1 Å². The zero-order valence-electron chi connectivity index (χ0n) is 18.2. The van der Waals surface area contributed by atoms with E-state index in [9.17, 15) is 9.59 Å². The van der Waals surface area contributed by atoms with Crippen LogP contribution < -0.4 is 20.3 Å². The van der Waals surface area contributed by atoms with E-state index >= 15 is 0 Å². The Labute approximate surface area is 192 Å². The molecule has 0 saturated carbocycles. The Kier molecular flexibility index (Phi) is 6.85. The standard InChI is InChI=1S/C27H24N2O4/c1-32-24-11-5-6-12-25(24)33-22-15-13-20(14-16-22)18-28-26(30)23-10-7-17-29(27(23)31)19-21-8-3-2-4-9-21/h2-17H,18-19H2,1H3,(H,28,30). The van der Waals surface area contributed by atoms with Crippen molar-refractivity contribution in [3.63, 3.8) is 0 Å². The predicted octanol–water partition coefficient (Wildman–Crippen LogP) is 4.63. The number of ether oxygens (including phenoxy) is 2. The Morgan fingerprint density at radius 3 is 2.24 bits per heavy atom. The van der Waals surface area contributed by atoms with Crippen LogP contribution in [0.2, 0.25) is 0 Å². The van der Waals surface area contributed by atoms with E-state index in [0.717, 1.165) is 11.1 Å². The largest absolute Gasteiger partial charge is 0.493 e. The topological polar surface area (TPSA) is 69.6 Å². The number of benzene rings is 3. The summed E-state index contributed by atoms with van der Waals surface area (Å²) in [4.78, 5) is 25.4. The Hall–Kier alpha value is -4.32. The fourth-order valence-corrected chi connectivity index (χ4v) is 3.40. The Morgan fingerprint density at radius 1 is 0.818 bits per heavy atom. The maximum absolute atomic E-state index is 12.8. The summed E-state index contributed by atoms with van der Waals surface area (Å²) in [6, 6.07) is 27.7. The van der Waals surface area contributed by atoms with Crippen LogP contribution in [0.1, 0.15) is 21.5 Å². The first kappa shape index (κ1) is 21.9. The molecule has 1 aromatic heterocycles. The van der Waals surface area contributed by atoms with Crippen LogP contribution in [0.3, 0.4) is 0 Å². The van der Waals surface area contributed by atoms with Crippen LogP contribution >= 0.6 is 0 Å². The molecule has 0 fully saturated rings. The minimum Gasteiger partial charge on any atom is -0.493 e. The van der Waals surface area contributed by atoms with Gasteiger partial charge in [-0.25, -0.2) is 0 Å². The van der Waals surface area contributed by atoms with E-state index in [-0.39, 0.29) is 11.1 Å². The number of carbonyl (C=O) groups is 1. The van der Waals surface area contributed by atoms with Gasteiger partial charge in [-0.15, -0.1) is 0 Å². The Bertz CT molecular complexity index is 1280. The van der Waals surface area contributed by atoms with Crippen molar-refractivity contribution in [2.75, 3.05) is 7.11 Å². The second kappa shape index (κ2) is 10.3. The Balaban J connectivity index is 1.39. The van der Waals surface area contributed by atoms with Gasteiger partial charge in [-0.3, -0.25) is 9.59 Å². The van der Waals surface area contributed by atoms with E-state index < -0.39 is 5.91 Å². The minimum atomic E-state index is -0.406. The third-order valence-electron chi connectivity index (χ3n) is 5.13. The zero-order valence-corrected chi connectivity index (χ0v) is 18.2. The molecule has 6 heteroatoms. The molecule has 0 bridgehead atoms. The smallest absolute Gasteiger partial charge is 0.263 e. The molecule has 1 heterocycles. The molecule has 1 N–H and O–H groups in total. The number of para-hydroxylation sites is 2. The number of amides is 1. The van der Waals surface area contributed by atoms with Gasteiger partial charge in [0.05, 0.1) is 13.7 Å². The molecule has 33 heavy (non-hydrogen) atoms. The highest BCUT2D eigenvalue weighted by Gasteiger charge is 2.12. The van der Waals surface area contributed by atoms with Gasteiger partial charge >= 0.3 is 0 Å². The molecule has 1 amide bonds. The molecule has 4 aromatic rings. The van der Waals surface area contributed by atoms with Gasteiger partial charge in [0.15, 0.2) is 11.5 Å². The van der Waals surface area contributed by atoms with E-state index in [0.29, 0.717) is 30.3 Å². The lowest BCUT2D eigenvalue weighted by Gasteiger charge is -2.11. The first-order valence-corrected chi connectivity index (χ1v) is 10.6. The summed E-state index contributed by atoms with van der Waals surface area (Å²) in [5, 5.41) is 2.82. The first-order valence-electron chi connectivity index (χ1n) is 10.6. The van der Waals surface area contributed by atoms with Gasteiger partial charge in [-0.1, -0.05) is 54.6 Å². The molecule has 0 radical (unpaired) electrons. The molecule has 4 rings (SSSR count). The third-order valence-corrected chi connectivity index (χ3v) is 5.13. The monoisotopic (exact) mass is 440 g/mol. The van der Waals surface area contributed by atoms with E-state index in [1.807, 2.05) is 78.9 Å². The zero-order chi connectivity index (χ0) is 23.0. The number of carbonyl (C=O) groups excluding carboxylic acids is 1. The molecule has 0 spiro atoms. The van der Waals surface area contributed by atoms with E-state index in [1.165, 1.54) is 4.57 Å². The number of nitrogens with one attached hydrogen (secondary N) is 1. The predicted molar refractivity (Wildman–Crippen MR) is 127 cm³/mol. The molecule has 0 atom stereocenters. The highest BCUT2D eigenvalue weighted by atomic mass is 16.5. The summed E-state index contributed by atoms with van der Waals surface area (Å²) in [6.07, 6.45) is 1.69. The number of pyridine rings is 1. The molecule has 0 aliphatic carbocycles. The van der Waals surface area contributed by atoms with Gasteiger partial charge in [0.2, 0.25) is 0 Å². The van der Waals surface area contributed by atoms with Crippen molar-refractivity contribution in [3.05, 3.63) is 124 Å². The summed E-state index contributed by atoms with van der Waals surface area (Å²) in [7, 11) is 1.59. The first-order chi connectivity index (χ1) is 16.1. The molecule has 0 aliphatic rings. The molecular formula is C27H24N2O4. The normalized spacial score (nSPS) is 10.5. The second-order valence-electron chi connectivity index (χ2n) is 7.42. The van der Waals surface area contributed by atoms with Crippen molar-refractivity contribution in [3.8, 4) is 17.2 Å². The van der Waals surface area contributed by atoms with Crippen LogP contribution in [-0.4, -0.2) is 17.6 Å². The van der Waals surface area contributed by atoms with Crippen molar-refractivity contribution < 1.29 is 14.3 Å². The number of aromatic nitrogens is 1. The number of methoxy groups -OCH3 is 1. The highest BCUT2D eigenvalue weighted by molar-refractivity contribution is 5.93. The van der Waals surface area contributed by atoms with Crippen LogP contribution in [0.4, 0.5) is 0 Å². The quantitative estimate of drug-likeness (QED) is 0.434. The van der Waals surface area contributed by atoms with Crippen molar-refractivity contribution in [2.24, 2.45) is 0 Å². The summed E-state index contributed by atoms with van der Waals surface area (Å²) in [5.41, 5.74) is 1.67. The van der Waals surface area contributed by atoms with Crippen molar-refractivity contribution in [1.82, 2.24) is 9.88 Å². The van der Waals surface area contributed by atoms with Crippen LogP contribution in [0.5, 0.6) is 17.2 Å². The average Bonchev–Trinajstić information content (AvgIpc) is 2.86. The number of hydrogen-bond donors (Lipinski definition) is 1. The lowest BCUT2D eigenvalue weighted by atomic mass is 10.2. The van der Waals surface area contributed by atoms with E-state index in [2.05, 4.69) is 5.32 Å². The molecule has 6 nitrogen and oxygen atoms in total. The molecule has 0 unspecified atom stereocenters. The van der Waals surface area contributed by atoms with Gasteiger partial charge in [0.1, 0.15) is 11.3 Å². The highest BCUT2D eigenvalue weighted by Crippen LogP contribution is 2.30. The number of rotatable bonds is 8. The maximum Gasteiger partial charge on any atom is 0.263 e. The van der Waals surface area contributed by atoms with Crippen LogP contribution in [0.15, 0.2) is 102 Å². The lowest BCUT2D eigenvalue weighted by Crippen LogP contribution is -2.32. The lowest BCUT2D eigenvalue weighted by molar-refractivity contribution is 0.0949. The van der Waals surface area contributed by atoms with Gasteiger partial charge in [0.25, 0.3) is 11.5 Å². The van der Waals surface area contributed by atoms with E-state index in [4.69, 9.17) is 9.47 Å². The molecule has 3 aromatic carbocycles. The van der Waals surface area contributed by atoms with Crippen LogP contribution in [0, 0.1) is 0 Å². The van der Waals surface area contributed by atoms with Gasteiger partial charge in [-0.2, -0.15) is 0 Å². The SMILES string of the molecule is COc1ccccc1Oc1ccc(CNC(=O)c2cccn(Cc3ccccc3)c2=O)cc1. The molecule has 0 aliphatic heterocycles. The summed E-state index contributed by atoms with van der Waals surface area (Å²) in [6.45, 7) is 0.704. The van der Waals surface area contributed by atoms with Gasteiger partial charge in [-0.05, 0) is 47.5 Å². The minimum absolute atomic E-state index is 0.115. The van der Waals surface area contributed by atoms with E-state index in [1.54, 1.807) is 25.4 Å². The average molecular weight is 440 g/mol. The maximum atomic E-state index is 12.8. The third kappa shape index (κ3) is 5.49. The number of nitrogens with zero attached hydrogens (tertiary/aromatic N) is 1. The summed E-state index contributed by atoms with van der Waals surface area (Å²) < 4.78 is 12.7. The summed E-state index contributed by atoms with van der Waals surface area (Å²) >= 11 is 0. The van der Waals surface area contributed by atoms with Crippen molar-refractivity contribution in [1.29, 1.82) is 0 Å². The fourth-order valence-electron chi connectivity index (χ4n) is 3.40. The molecule has 0 saturated heterocycles. The fraction of sp³-hybridized carbons (Fsp3) is 0.111. The van der Waals surface area contributed by atoms with Crippen LogP contribution in [-0.2, 0) is 13.1 Å². The molecule has 166 valence electrons. The van der Waals surface area contributed by atoms with Crippen LogP contribution in [0.25, 0.3) is 0 Å². The second-order valence-corrected chi connectivity index (χ2v) is 7.42. The summed E-state index contributed by atoms with van der Waals surface area (Å²) in [5.74, 6) is 1.52. The van der Waals surface area contributed by atoms with Gasteiger partial charge in [0, 0.05) is 12.7 Å². The molecular weight excluding hydrogens is 416 g/mol. The Morgan fingerprint density at radius 2 is 1.52 bits per heavy atom. The number of hydrogen-bond acceptors (Lipinski definition) is 4.